The topological polar surface area (TPSA) is 47.9 Å². The van der Waals surface area contributed by atoms with Crippen LogP contribution in [-0.2, 0) is 19.8 Å². The molecule has 0 radical (unpaired) electrons. The second-order valence-corrected chi connectivity index (χ2v) is 8.15. The maximum Gasteiger partial charge on any atom is 0.160 e. The van der Waals surface area contributed by atoms with Crippen LogP contribution in [-0.4, -0.2) is 37.3 Å². The van der Waals surface area contributed by atoms with Crippen LogP contribution in [0.1, 0.15) is 30.0 Å². The van der Waals surface area contributed by atoms with Crippen LogP contribution in [0.15, 0.2) is 91.0 Å². The van der Waals surface area contributed by atoms with Gasteiger partial charge in [0.15, 0.2) is 6.29 Å². The van der Waals surface area contributed by atoms with Crippen molar-refractivity contribution in [2.24, 2.45) is 5.92 Å². The van der Waals surface area contributed by atoms with Crippen LogP contribution in [0.3, 0.4) is 0 Å². The molecule has 0 spiro atoms. The van der Waals surface area contributed by atoms with Crippen LogP contribution in [0, 0.1) is 5.92 Å². The fraction of sp³-hybridized carbons (Fsp3) is 0.333. The molecule has 1 saturated heterocycles. The van der Waals surface area contributed by atoms with Crippen LogP contribution in [0.5, 0.6) is 0 Å². The van der Waals surface area contributed by atoms with E-state index in [0.717, 1.165) is 16.7 Å². The van der Waals surface area contributed by atoms with Gasteiger partial charge in [0, 0.05) is 13.0 Å². The first-order valence-electron chi connectivity index (χ1n) is 10.8. The lowest BCUT2D eigenvalue weighted by Crippen LogP contribution is -2.48. The number of hydrogen-bond donors (Lipinski definition) is 1. The van der Waals surface area contributed by atoms with Crippen LogP contribution >= 0.6 is 0 Å². The van der Waals surface area contributed by atoms with E-state index >= 15 is 0 Å². The zero-order chi connectivity index (χ0) is 21.7. The molecule has 3 aromatic carbocycles. The van der Waals surface area contributed by atoms with Gasteiger partial charge in [-0.05, 0) is 23.1 Å². The molecule has 4 heteroatoms. The molecule has 1 N–H and O–H groups in total. The Morgan fingerprint density at radius 1 is 0.839 bits per heavy atom. The second-order valence-electron chi connectivity index (χ2n) is 8.15. The van der Waals surface area contributed by atoms with Gasteiger partial charge in [-0.1, -0.05) is 97.9 Å². The normalized spacial score (nSPS) is 24.1. The molecule has 1 fully saturated rings. The van der Waals surface area contributed by atoms with Crippen LogP contribution < -0.4 is 0 Å². The minimum atomic E-state index is -0.835. The van der Waals surface area contributed by atoms with Gasteiger partial charge in [-0.2, -0.15) is 0 Å². The van der Waals surface area contributed by atoms with Crippen molar-refractivity contribution in [1.82, 2.24) is 0 Å². The van der Waals surface area contributed by atoms with Gasteiger partial charge in [0.1, 0.15) is 11.7 Å². The van der Waals surface area contributed by atoms with E-state index in [1.165, 1.54) is 0 Å². The summed E-state index contributed by atoms with van der Waals surface area (Å²) in [6, 6.07) is 30.6. The van der Waals surface area contributed by atoms with E-state index in [1.54, 1.807) is 7.11 Å². The molecule has 0 aromatic heterocycles. The maximum absolute atomic E-state index is 10.7. The van der Waals surface area contributed by atoms with Gasteiger partial charge in [0.25, 0.3) is 0 Å². The number of aliphatic hydroxyl groups is 1. The Bertz CT molecular complexity index is 833. The molecule has 4 rings (SSSR count). The van der Waals surface area contributed by atoms with E-state index in [4.69, 9.17) is 14.2 Å². The standard InChI is InChI=1S/C27H30O4/c1-20-18-24(28)25(31-26(20)29-2)19-30-27(21-12-6-3-7-13-21,22-14-8-4-9-15-22)23-16-10-5-11-17-23/h3-17,20,24-26,28H,18-19H2,1-2H3/t20-,24-,25+,26-/m0/s1. The van der Waals surface area contributed by atoms with Crippen molar-refractivity contribution in [2.45, 2.75) is 37.4 Å². The number of ether oxygens (including phenoxy) is 3. The third-order valence-corrected chi connectivity index (χ3v) is 6.05. The summed E-state index contributed by atoms with van der Waals surface area (Å²) in [6.07, 6.45) is -0.823. The Balaban J connectivity index is 1.76. The highest BCUT2D eigenvalue weighted by Crippen LogP contribution is 2.41. The average Bonchev–Trinajstić information content (AvgIpc) is 2.83. The van der Waals surface area contributed by atoms with Crippen LogP contribution in [0.4, 0.5) is 0 Å². The molecule has 3 aromatic rings. The number of hydrogen-bond acceptors (Lipinski definition) is 4. The number of rotatable bonds is 7. The number of aliphatic hydroxyl groups excluding tert-OH is 1. The molecule has 0 amide bonds. The highest BCUT2D eigenvalue weighted by atomic mass is 16.7. The molecule has 4 nitrogen and oxygen atoms in total. The molecule has 0 unspecified atom stereocenters. The van der Waals surface area contributed by atoms with Gasteiger partial charge in [-0.15, -0.1) is 0 Å². The highest BCUT2D eigenvalue weighted by Gasteiger charge is 2.41. The van der Waals surface area contributed by atoms with Crippen molar-refractivity contribution in [3.05, 3.63) is 108 Å². The first-order chi connectivity index (χ1) is 15.1. The van der Waals surface area contributed by atoms with Crippen LogP contribution in [0.2, 0.25) is 0 Å². The molecule has 0 bridgehead atoms. The quantitative estimate of drug-likeness (QED) is 0.563. The zero-order valence-electron chi connectivity index (χ0n) is 18.1. The van der Waals surface area contributed by atoms with Gasteiger partial charge in [0.2, 0.25) is 0 Å². The Kier molecular flexibility index (Phi) is 6.83. The summed E-state index contributed by atoms with van der Waals surface area (Å²) in [5.74, 6) is 0.123. The molecule has 4 atom stereocenters. The largest absolute Gasteiger partial charge is 0.390 e. The molecule has 1 aliphatic heterocycles. The van der Waals surface area contributed by atoms with Crippen LogP contribution in [0.25, 0.3) is 0 Å². The van der Waals surface area contributed by atoms with Crippen molar-refractivity contribution in [3.8, 4) is 0 Å². The third-order valence-electron chi connectivity index (χ3n) is 6.05. The van der Waals surface area contributed by atoms with E-state index in [-0.39, 0.29) is 18.8 Å². The molecule has 1 aliphatic rings. The number of benzene rings is 3. The van der Waals surface area contributed by atoms with E-state index in [1.807, 2.05) is 61.5 Å². The molecule has 31 heavy (non-hydrogen) atoms. The van der Waals surface area contributed by atoms with E-state index in [2.05, 4.69) is 36.4 Å². The van der Waals surface area contributed by atoms with E-state index in [0.29, 0.717) is 6.42 Å². The molecule has 0 saturated carbocycles. The first kappa shape index (κ1) is 21.7. The van der Waals surface area contributed by atoms with Crippen molar-refractivity contribution < 1.29 is 19.3 Å². The predicted molar refractivity (Wildman–Crippen MR) is 121 cm³/mol. The van der Waals surface area contributed by atoms with Crippen molar-refractivity contribution in [2.75, 3.05) is 13.7 Å². The van der Waals surface area contributed by atoms with Gasteiger partial charge in [0.05, 0.1) is 12.7 Å². The van der Waals surface area contributed by atoms with Gasteiger partial charge in [-0.3, -0.25) is 0 Å². The molecular weight excluding hydrogens is 388 g/mol. The summed E-state index contributed by atoms with van der Waals surface area (Å²) >= 11 is 0. The summed E-state index contributed by atoms with van der Waals surface area (Å²) in [7, 11) is 1.64. The maximum atomic E-state index is 10.7. The highest BCUT2D eigenvalue weighted by molar-refractivity contribution is 5.47. The predicted octanol–water partition coefficient (Wildman–Crippen LogP) is 4.75. The summed E-state index contributed by atoms with van der Waals surface area (Å²) in [5, 5.41) is 10.7. The van der Waals surface area contributed by atoms with E-state index < -0.39 is 17.8 Å². The van der Waals surface area contributed by atoms with E-state index in [9.17, 15) is 5.11 Å². The first-order valence-corrected chi connectivity index (χ1v) is 10.8. The fourth-order valence-corrected chi connectivity index (χ4v) is 4.45. The smallest absolute Gasteiger partial charge is 0.160 e. The molecule has 1 heterocycles. The molecular formula is C27H30O4. The summed E-state index contributed by atoms with van der Waals surface area (Å²) in [4.78, 5) is 0. The summed E-state index contributed by atoms with van der Waals surface area (Å²) in [5.41, 5.74) is 2.23. The second kappa shape index (κ2) is 9.75. The average molecular weight is 419 g/mol. The van der Waals surface area contributed by atoms with Gasteiger partial charge < -0.3 is 19.3 Å². The van der Waals surface area contributed by atoms with Crippen molar-refractivity contribution in [3.63, 3.8) is 0 Å². The minimum Gasteiger partial charge on any atom is -0.390 e. The summed E-state index contributed by atoms with van der Waals surface area (Å²) in [6.45, 7) is 2.25. The van der Waals surface area contributed by atoms with Crippen molar-refractivity contribution >= 4 is 0 Å². The Morgan fingerprint density at radius 3 is 1.71 bits per heavy atom. The monoisotopic (exact) mass is 418 g/mol. The Hall–Kier alpha value is -2.50. The minimum absolute atomic E-state index is 0.123. The fourth-order valence-electron chi connectivity index (χ4n) is 4.45. The summed E-state index contributed by atoms with van der Waals surface area (Å²) < 4.78 is 18.3. The SMILES string of the molecule is CO[C@H]1O[C@H](COC(c2ccccc2)(c2ccccc2)c2ccccc2)[C@@H](O)C[C@@H]1C. The lowest BCUT2D eigenvalue weighted by atomic mass is 9.80. The molecule has 162 valence electrons. The van der Waals surface area contributed by atoms with Crippen molar-refractivity contribution in [1.29, 1.82) is 0 Å². The number of methoxy groups -OCH3 is 1. The Labute approximate surface area is 184 Å². The van der Waals surface area contributed by atoms with Gasteiger partial charge >= 0.3 is 0 Å². The lowest BCUT2D eigenvalue weighted by Gasteiger charge is -2.41. The molecule has 0 aliphatic carbocycles. The lowest BCUT2D eigenvalue weighted by molar-refractivity contribution is -0.250. The Morgan fingerprint density at radius 2 is 1.29 bits per heavy atom. The zero-order valence-corrected chi connectivity index (χ0v) is 18.1. The van der Waals surface area contributed by atoms with Gasteiger partial charge in [-0.25, -0.2) is 0 Å². The third kappa shape index (κ3) is 4.43.